The lowest BCUT2D eigenvalue weighted by atomic mass is 10.1. The summed E-state index contributed by atoms with van der Waals surface area (Å²) in [5.41, 5.74) is 0.00958. The first kappa shape index (κ1) is 14.2. The van der Waals surface area contributed by atoms with Crippen molar-refractivity contribution in [2.75, 3.05) is 11.9 Å². The van der Waals surface area contributed by atoms with Gasteiger partial charge in [0, 0.05) is 17.9 Å². The van der Waals surface area contributed by atoms with Crippen molar-refractivity contribution in [1.82, 2.24) is 4.90 Å². The second-order valence-corrected chi connectivity index (χ2v) is 5.59. The maximum atomic E-state index is 12.5. The van der Waals surface area contributed by atoms with E-state index in [0.29, 0.717) is 11.9 Å². The average molecular weight is 328 g/mol. The summed E-state index contributed by atoms with van der Waals surface area (Å²) < 4.78 is 0. The minimum atomic E-state index is -0.290. The molecule has 0 spiro atoms. The minimum Gasteiger partial charge on any atom is -0.507 e. The Morgan fingerprint density at radius 1 is 1.26 bits per heavy atom. The Labute approximate surface area is 121 Å². The summed E-state index contributed by atoms with van der Waals surface area (Å²) >= 11 is 3.36. The molecule has 0 aliphatic heterocycles. The van der Waals surface area contributed by atoms with Crippen LogP contribution in [0, 0.1) is 0 Å². The molecule has 0 aromatic heterocycles. The van der Waals surface area contributed by atoms with E-state index in [1.54, 1.807) is 4.90 Å². The molecule has 0 radical (unpaired) electrons. The van der Waals surface area contributed by atoms with Crippen LogP contribution in [0.5, 0.6) is 11.5 Å². The number of halogens is 1. The van der Waals surface area contributed by atoms with Crippen LogP contribution in [0.4, 0.5) is 0 Å². The van der Waals surface area contributed by atoms with Gasteiger partial charge in [0.25, 0.3) is 5.91 Å². The zero-order valence-corrected chi connectivity index (χ0v) is 12.3. The summed E-state index contributed by atoms with van der Waals surface area (Å²) in [7, 11) is 0. The number of hydrogen-bond acceptors (Lipinski definition) is 3. The summed E-state index contributed by atoms with van der Waals surface area (Å²) in [6, 6.07) is 4.58. The van der Waals surface area contributed by atoms with E-state index in [-0.39, 0.29) is 29.0 Å². The number of carbonyl (C=O) groups is 1. The van der Waals surface area contributed by atoms with Crippen LogP contribution in [0.15, 0.2) is 18.2 Å². The van der Waals surface area contributed by atoms with Crippen LogP contribution in [0.1, 0.15) is 36.0 Å². The molecule has 1 aromatic carbocycles. The number of amides is 1. The van der Waals surface area contributed by atoms with Crippen LogP contribution in [-0.2, 0) is 0 Å². The molecule has 19 heavy (non-hydrogen) atoms. The van der Waals surface area contributed by atoms with Gasteiger partial charge in [0.05, 0.1) is 0 Å². The second-order valence-electron chi connectivity index (χ2n) is 4.80. The van der Waals surface area contributed by atoms with Gasteiger partial charge in [-0.1, -0.05) is 34.8 Å². The summed E-state index contributed by atoms with van der Waals surface area (Å²) in [5.74, 6) is -0.618. The molecule has 1 amide bonds. The van der Waals surface area contributed by atoms with Crippen LogP contribution in [-0.4, -0.2) is 38.9 Å². The first-order chi connectivity index (χ1) is 9.15. The molecule has 2 N–H and O–H groups in total. The van der Waals surface area contributed by atoms with E-state index in [1.165, 1.54) is 18.2 Å². The van der Waals surface area contributed by atoms with E-state index < -0.39 is 0 Å². The van der Waals surface area contributed by atoms with Gasteiger partial charge >= 0.3 is 0 Å². The number of alkyl halides is 1. The number of phenolic OH excluding ortho intramolecular Hbond substituents is 2. The minimum absolute atomic E-state index is 0.00958. The van der Waals surface area contributed by atoms with Crippen molar-refractivity contribution >= 4 is 21.8 Å². The molecule has 5 heteroatoms. The van der Waals surface area contributed by atoms with E-state index in [4.69, 9.17) is 0 Å². The van der Waals surface area contributed by atoms with Crippen molar-refractivity contribution in [2.24, 2.45) is 0 Å². The van der Waals surface area contributed by atoms with Gasteiger partial charge in [-0.2, -0.15) is 0 Å². The zero-order chi connectivity index (χ0) is 13.8. The standard InChI is InChI=1S/C14H18BrNO3/c15-8-9-16(10-4-1-2-5-10)14(19)13-11(17)6-3-7-12(13)18/h3,6-7,10,17-18H,1-2,4-5,8-9H2. The van der Waals surface area contributed by atoms with Crippen molar-refractivity contribution in [3.63, 3.8) is 0 Å². The van der Waals surface area contributed by atoms with Gasteiger partial charge in [-0.25, -0.2) is 0 Å². The van der Waals surface area contributed by atoms with E-state index >= 15 is 0 Å². The van der Waals surface area contributed by atoms with E-state index in [0.717, 1.165) is 25.7 Å². The second kappa shape index (κ2) is 6.28. The Kier molecular flexibility index (Phi) is 4.69. The highest BCUT2D eigenvalue weighted by Gasteiger charge is 2.29. The highest BCUT2D eigenvalue weighted by atomic mass is 79.9. The van der Waals surface area contributed by atoms with E-state index in [9.17, 15) is 15.0 Å². The van der Waals surface area contributed by atoms with Crippen LogP contribution in [0.25, 0.3) is 0 Å². The lowest BCUT2D eigenvalue weighted by molar-refractivity contribution is 0.0690. The topological polar surface area (TPSA) is 60.8 Å². The van der Waals surface area contributed by atoms with Gasteiger partial charge in [-0.3, -0.25) is 4.79 Å². The van der Waals surface area contributed by atoms with Crippen molar-refractivity contribution in [2.45, 2.75) is 31.7 Å². The molecular formula is C14H18BrNO3. The summed E-state index contributed by atoms with van der Waals surface area (Å²) in [6.07, 6.45) is 4.24. The number of phenols is 2. The van der Waals surface area contributed by atoms with Gasteiger partial charge in [0.1, 0.15) is 17.1 Å². The van der Waals surface area contributed by atoms with E-state index in [2.05, 4.69) is 15.9 Å². The molecule has 1 fully saturated rings. The molecule has 2 rings (SSSR count). The lowest BCUT2D eigenvalue weighted by Crippen LogP contribution is -2.40. The van der Waals surface area contributed by atoms with Crippen molar-refractivity contribution in [1.29, 1.82) is 0 Å². The first-order valence-electron chi connectivity index (χ1n) is 6.53. The number of carbonyl (C=O) groups excluding carboxylic acids is 1. The van der Waals surface area contributed by atoms with Crippen LogP contribution in [0.2, 0.25) is 0 Å². The quantitative estimate of drug-likeness (QED) is 0.836. The van der Waals surface area contributed by atoms with Gasteiger partial charge < -0.3 is 15.1 Å². The van der Waals surface area contributed by atoms with Gasteiger partial charge in [-0.05, 0) is 25.0 Å². The predicted molar refractivity (Wildman–Crippen MR) is 76.9 cm³/mol. The molecule has 1 aliphatic rings. The number of hydrogen-bond donors (Lipinski definition) is 2. The molecule has 104 valence electrons. The van der Waals surface area contributed by atoms with Gasteiger partial charge in [0.2, 0.25) is 0 Å². The smallest absolute Gasteiger partial charge is 0.261 e. The third-order valence-corrected chi connectivity index (χ3v) is 3.94. The molecule has 1 saturated carbocycles. The summed E-state index contributed by atoms with van der Waals surface area (Å²) in [5, 5.41) is 20.3. The van der Waals surface area contributed by atoms with Crippen molar-refractivity contribution in [3.8, 4) is 11.5 Å². The molecule has 0 heterocycles. The number of rotatable bonds is 4. The van der Waals surface area contributed by atoms with Crippen LogP contribution < -0.4 is 0 Å². The maximum absolute atomic E-state index is 12.5. The van der Waals surface area contributed by atoms with Crippen LogP contribution >= 0.6 is 15.9 Å². The summed E-state index contributed by atoms with van der Waals surface area (Å²) in [4.78, 5) is 14.3. The lowest BCUT2D eigenvalue weighted by Gasteiger charge is -2.28. The maximum Gasteiger partial charge on any atom is 0.261 e. The largest absolute Gasteiger partial charge is 0.507 e. The molecule has 1 aliphatic carbocycles. The molecular weight excluding hydrogens is 310 g/mol. The average Bonchev–Trinajstić information content (AvgIpc) is 2.89. The Hall–Kier alpha value is -1.23. The first-order valence-corrected chi connectivity index (χ1v) is 7.65. The fourth-order valence-corrected chi connectivity index (χ4v) is 3.03. The normalized spacial score (nSPS) is 15.6. The Morgan fingerprint density at radius 3 is 2.37 bits per heavy atom. The molecule has 0 atom stereocenters. The summed E-state index contributed by atoms with van der Waals surface area (Å²) in [6.45, 7) is 0.581. The molecule has 4 nitrogen and oxygen atoms in total. The van der Waals surface area contributed by atoms with Gasteiger partial charge in [0.15, 0.2) is 0 Å². The molecule has 1 aromatic rings. The number of nitrogens with zero attached hydrogens (tertiary/aromatic N) is 1. The van der Waals surface area contributed by atoms with Crippen LogP contribution in [0.3, 0.4) is 0 Å². The van der Waals surface area contributed by atoms with Crippen molar-refractivity contribution in [3.05, 3.63) is 23.8 Å². The highest BCUT2D eigenvalue weighted by molar-refractivity contribution is 9.09. The third kappa shape index (κ3) is 3.03. The molecule has 0 saturated heterocycles. The Bertz CT molecular complexity index is 438. The predicted octanol–water partition coefficient (Wildman–Crippen LogP) is 2.88. The number of aromatic hydroxyl groups is 2. The Balaban J connectivity index is 2.28. The highest BCUT2D eigenvalue weighted by Crippen LogP contribution is 2.31. The SMILES string of the molecule is O=C(c1c(O)cccc1O)N(CCBr)C1CCCC1. The Morgan fingerprint density at radius 2 is 1.84 bits per heavy atom. The monoisotopic (exact) mass is 327 g/mol. The van der Waals surface area contributed by atoms with Crippen molar-refractivity contribution < 1.29 is 15.0 Å². The zero-order valence-electron chi connectivity index (χ0n) is 10.7. The molecule has 0 bridgehead atoms. The van der Waals surface area contributed by atoms with Gasteiger partial charge in [-0.15, -0.1) is 0 Å². The molecule has 0 unspecified atom stereocenters. The third-order valence-electron chi connectivity index (χ3n) is 3.59. The number of benzene rings is 1. The van der Waals surface area contributed by atoms with E-state index in [1.807, 2.05) is 0 Å². The fraction of sp³-hybridized carbons (Fsp3) is 0.500. The fourth-order valence-electron chi connectivity index (χ4n) is 2.65.